The molecule has 0 N–H and O–H groups in total. The van der Waals surface area contributed by atoms with E-state index in [1.807, 2.05) is 0 Å². The zero-order chi connectivity index (χ0) is 12.1. The average Bonchev–Trinajstić information content (AvgIpc) is 2.97. The van der Waals surface area contributed by atoms with E-state index in [-0.39, 0.29) is 0 Å². The molecule has 0 radical (unpaired) electrons. The highest BCUT2D eigenvalue weighted by Crippen LogP contribution is 2.49. The molecule has 0 aromatic rings. The third-order valence-electron chi connectivity index (χ3n) is 4.54. The molecule has 0 aliphatic heterocycles. The van der Waals surface area contributed by atoms with Gasteiger partial charge in [-0.2, -0.15) is 0 Å². The Morgan fingerprint density at radius 3 is 2.19 bits per heavy atom. The molecule has 0 spiro atoms. The van der Waals surface area contributed by atoms with Gasteiger partial charge in [0, 0.05) is 0 Å². The van der Waals surface area contributed by atoms with Crippen molar-refractivity contribution in [3.8, 4) is 0 Å². The second kappa shape index (κ2) is 6.67. The van der Waals surface area contributed by atoms with Crippen LogP contribution in [0.2, 0.25) is 0 Å². The lowest BCUT2D eigenvalue weighted by Crippen LogP contribution is -2.07. The highest BCUT2D eigenvalue weighted by molar-refractivity contribution is 4.89. The number of hydrogen-bond donors (Lipinski definition) is 0. The van der Waals surface area contributed by atoms with Gasteiger partial charge in [0.2, 0.25) is 0 Å². The van der Waals surface area contributed by atoms with Gasteiger partial charge in [-0.05, 0) is 48.9 Å². The molecule has 0 amide bonds. The van der Waals surface area contributed by atoms with Crippen LogP contribution in [0.15, 0.2) is 0 Å². The lowest BCUT2D eigenvalue weighted by atomic mass is 9.87. The topological polar surface area (TPSA) is 0 Å². The molecule has 1 fully saturated rings. The van der Waals surface area contributed by atoms with Gasteiger partial charge in [-0.15, -0.1) is 0 Å². The van der Waals surface area contributed by atoms with Crippen LogP contribution in [-0.4, -0.2) is 0 Å². The second-order valence-electron chi connectivity index (χ2n) is 6.55. The van der Waals surface area contributed by atoms with Crippen molar-refractivity contribution in [3.05, 3.63) is 0 Å². The quantitative estimate of drug-likeness (QED) is 0.509. The third kappa shape index (κ3) is 4.47. The average molecular weight is 224 g/mol. The molecular formula is C16H32. The summed E-state index contributed by atoms with van der Waals surface area (Å²) in [5, 5.41) is 0. The normalized spacial score (nSPS) is 28.1. The summed E-state index contributed by atoms with van der Waals surface area (Å²) in [5.41, 5.74) is 0. The monoisotopic (exact) mass is 224 g/mol. The fraction of sp³-hybridized carbons (Fsp3) is 1.00. The molecule has 16 heavy (non-hydrogen) atoms. The molecule has 0 bridgehead atoms. The largest absolute Gasteiger partial charge is 0.0651 e. The lowest BCUT2D eigenvalue weighted by molar-refractivity contribution is 0.325. The maximum Gasteiger partial charge on any atom is -0.0355 e. The Bertz CT molecular complexity index is 182. The summed E-state index contributed by atoms with van der Waals surface area (Å²) in [6, 6.07) is 0. The Morgan fingerprint density at radius 2 is 1.75 bits per heavy atom. The highest BCUT2D eigenvalue weighted by atomic mass is 14.4. The SMILES string of the molecule is CCC(CCC(C)CC(C)C)C1CC1CC. The van der Waals surface area contributed by atoms with Crippen molar-refractivity contribution >= 4 is 0 Å². The second-order valence-corrected chi connectivity index (χ2v) is 6.55. The van der Waals surface area contributed by atoms with Crippen LogP contribution in [0.3, 0.4) is 0 Å². The number of hydrogen-bond acceptors (Lipinski definition) is 0. The van der Waals surface area contributed by atoms with Gasteiger partial charge in [0.15, 0.2) is 0 Å². The number of rotatable bonds is 8. The third-order valence-corrected chi connectivity index (χ3v) is 4.54. The maximum absolute atomic E-state index is 2.44. The first-order valence-corrected chi connectivity index (χ1v) is 7.58. The molecule has 0 nitrogen and oxygen atoms in total. The van der Waals surface area contributed by atoms with Gasteiger partial charge in [-0.1, -0.05) is 53.9 Å². The molecule has 4 unspecified atom stereocenters. The van der Waals surface area contributed by atoms with E-state index in [2.05, 4.69) is 34.6 Å². The lowest BCUT2D eigenvalue weighted by Gasteiger charge is -2.19. The van der Waals surface area contributed by atoms with Crippen molar-refractivity contribution in [2.45, 2.75) is 73.1 Å². The predicted octanol–water partition coefficient (Wildman–Crippen LogP) is 5.52. The van der Waals surface area contributed by atoms with Gasteiger partial charge in [0.1, 0.15) is 0 Å². The van der Waals surface area contributed by atoms with Crippen LogP contribution < -0.4 is 0 Å². The van der Waals surface area contributed by atoms with E-state index in [1.54, 1.807) is 0 Å². The van der Waals surface area contributed by atoms with E-state index in [4.69, 9.17) is 0 Å². The molecule has 1 aliphatic carbocycles. The summed E-state index contributed by atoms with van der Waals surface area (Å²) in [7, 11) is 0. The Hall–Kier alpha value is 0. The Balaban J connectivity index is 2.19. The van der Waals surface area contributed by atoms with Crippen LogP contribution in [0.5, 0.6) is 0 Å². The van der Waals surface area contributed by atoms with Gasteiger partial charge in [-0.3, -0.25) is 0 Å². The van der Waals surface area contributed by atoms with Gasteiger partial charge in [0.25, 0.3) is 0 Å². The predicted molar refractivity (Wildman–Crippen MR) is 73.5 cm³/mol. The molecular weight excluding hydrogens is 192 g/mol. The van der Waals surface area contributed by atoms with Crippen molar-refractivity contribution in [3.63, 3.8) is 0 Å². The van der Waals surface area contributed by atoms with E-state index in [0.717, 1.165) is 29.6 Å². The first kappa shape index (κ1) is 14.1. The first-order valence-electron chi connectivity index (χ1n) is 7.58. The van der Waals surface area contributed by atoms with Crippen LogP contribution >= 0.6 is 0 Å². The summed E-state index contributed by atoms with van der Waals surface area (Å²) >= 11 is 0. The van der Waals surface area contributed by atoms with Crippen LogP contribution in [0.1, 0.15) is 73.1 Å². The molecule has 0 saturated heterocycles. The Labute approximate surface area is 103 Å². The van der Waals surface area contributed by atoms with Crippen molar-refractivity contribution in [1.82, 2.24) is 0 Å². The zero-order valence-electron chi connectivity index (χ0n) is 12.1. The van der Waals surface area contributed by atoms with E-state index in [9.17, 15) is 0 Å². The fourth-order valence-electron chi connectivity index (χ4n) is 3.46. The molecule has 96 valence electrons. The molecule has 0 heteroatoms. The van der Waals surface area contributed by atoms with E-state index in [1.165, 1.54) is 38.5 Å². The minimum absolute atomic E-state index is 0.874. The highest BCUT2D eigenvalue weighted by Gasteiger charge is 2.40. The van der Waals surface area contributed by atoms with Crippen LogP contribution in [0.25, 0.3) is 0 Å². The zero-order valence-corrected chi connectivity index (χ0v) is 12.1. The Kier molecular flexibility index (Phi) is 5.86. The van der Waals surface area contributed by atoms with Gasteiger partial charge >= 0.3 is 0 Å². The van der Waals surface area contributed by atoms with E-state index < -0.39 is 0 Å². The summed E-state index contributed by atoms with van der Waals surface area (Å²) in [6.45, 7) is 11.9. The summed E-state index contributed by atoms with van der Waals surface area (Å²) in [4.78, 5) is 0. The fourth-order valence-corrected chi connectivity index (χ4v) is 3.46. The Morgan fingerprint density at radius 1 is 1.06 bits per heavy atom. The van der Waals surface area contributed by atoms with Gasteiger partial charge in [-0.25, -0.2) is 0 Å². The van der Waals surface area contributed by atoms with Crippen molar-refractivity contribution in [2.75, 3.05) is 0 Å². The van der Waals surface area contributed by atoms with Crippen LogP contribution in [0.4, 0.5) is 0 Å². The molecule has 1 saturated carbocycles. The van der Waals surface area contributed by atoms with Crippen LogP contribution in [0, 0.1) is 29.6 Å². The summed E-state index contributed by atoms with van der Waals surface area (Å²) in [6.07, 6.45) is 8.74. The molecule has 0 aromatic heterocycles. The minimum atomic E-state index is 0.874. The molecule has 0 heterocycles. The summed E-state index contributed by atoms with van der Waals surface area (Å²) < 4.78 is 0. The van der Waals surface area contributed by atoms with Gasteiger partial charge in [0.05, 0.1) is 0 Å². The maximum atomic E-state index is 2.44. The van der Waals surface area contributed by atoms with E-state index in [0.29, 0.717) is 0 Å². The van der Waals surface area contributed by atoms with Crippen molar-refractivity contribution in [2.24, 2.45) is 29.6 Å². The molecule has 0 aromatic carbocycles. The molecule has 4 atom stereocenters. The minimum Gasteiger partial charge on any atom is -0.0651 e. The van der Waals surface area contributed by atoms with Gasteiger partial charge < -0.3 is 0 Å². The summed E-state index contributed by atoms with van der Waals surface area (Å²) in [5.74, 6) is 5.04. The first-order chi connectivity index (χ1) is 7.58. The molecule has 1 aliphatic rings. The van der Waals surface area contributed by atoms with Crippen molar-refractivity contribution < 1.29 is 0 Å². The van der Waals surface area contributed by atoms with E-state index >= 15 is 0 Å². The molecule has 1 rings (SSSR count). The smallest absolute Gasteiger partial charge is 0.0355 e. The standard InChI is InChI=1S/C16H32/c1-6-14(16-11-15(16)7-2)9-8-13(5)10-12(3)4/h12-16H,6-11H2,1-5H3. The van der Waals surface area contributed by atoms with Crippen molar-refractivity contribution in [1.29, 1.82) is 0 Å². The van der Waals surface area contributed by atoms with Crippen LogP contribution in [-0.2, 0) is 0 Å².